The summed E-state index contributed by atoms with van der Waals surface area (Å²) >= 11 is 0. The van der Waals surface area contributed by atoms with E-state index in [4.69, 9.17) is 4.74 Å². The molecule has 108 valence electrons. The van der Waals surface area contributed by atoms with Gasteiger partial charge < -0.3 is 10.1 Å². The van der Waals surface area contributed by atoms with Gasteiger partial charge in [-0.3, -0.25) is 4.90 Å². The lowest BCUT2D eigenvalue weighted by atomic mass is 9.97. The van der Waals surface area contributed by atoms with Crippen molar-refractivity contribution in [2.75, 3.05) is 26.8 Å². The van der Waals surface area contributed by atoms with Crippen LogP contribution in [-0.4, -0.2) is 49.8 Å². The highest BCUT2D eigenvalue weighted by atomic mass is 16.5. The van der Waals surface area contributed by atoms with Crippen LogP contribution in [0.2, 0.25) is 0 Å². The van der Waals surface area contributed by atoms with E-state index in [0.29, 0.717) is 18.1 Å². The number of hydrogen-bond donors (Lipinski definition) is 1. The van der Waals surface area contributed by atoms with Crippen LogP contribution in [0.25, 0.3) is 0 Å². The van der Waals surface area contributed by atoms with E-state index in [0.717, 1.165) is 32.1 Å². The van der Waals surface area contributed by atoms with Crippen molar-refractivity contribution in [3.8, 4) is 0 Å². The maximum atomic E-state index is 5.69. The first kappa shape index (κ1) is 15.9. The van der Waals surface area contributed by atoms with Gasteiger partial charge in [0.1, 0.15) is 0 Å². The minimum Gasteiger partial charge on any atom is -0.380 e. The molecular weight excluding hydrogens is 224 g/mol. The lowest BCUT2D eigenvalue weighted by Crippen LogP contribution is -2.56. The summed E-state index contributed by atoms with van der Waals surface area (Å²) in [6.07, 6.45) is 3.60. The summed E-state index contributed by atoms with van der Waals surface area (Å²) in [6.45, 7) is 12.1. The predicted molar refractivity (Wildman–Crippen MR) is 78.0 cm³/mol. The van der Waals surface area contributed by atoms with Crippen molar-refractivity contribution < 1.29 is 4.74 Å². The van der Waals surface area contributed by atoms with Gasteiger partial charge in [-0.2, -0.15) is 0 Å². The third kappa shape index (κ3) is 4.87. The molecule has 0 aromatic heterocycles. The fourth-order valence-corrected chi connectivity index (χ4v) is 2.87. The molecule has 1 N–H and O–H groups in total. The Labute approximate surface area is 113 Å². The van der Waals surface area contributed by atoms with Gasteiger partial charge in [0.15, 0.2) is 0 Å². The smallest absolute Gasteiger partial charge is 0.0637 e. The summed E-state index contributed by atoms with van der Waals surface area (Å²) in [6, 6.07) is 1.75. The number of rotatable bonds is 7. The van der Waals surface area contributed by atoms with Gasteiger partial charge in [-0.15, -0.1) is 0 Å². The Bertz CT molecular complexity index is 221. The van der Waals surface area contributed by atoms with Crippen molar-refractivity contribution in [2.24, 2.45) is 5.92 Å². The minimum atomic E-state index is 0.527. The molecule has 0 bridgehead atoms. The number of hydrogen-bond acceptors (Lipinski definition) is 3. The molecule has 3 nitrogen and oxygen atoms in total. The van der Waals surface area contributed by atoms with E-state index in [-0.39, 0.29) is 0 Å². The molecule has 1 aliphatic rings. The molecule has 0 amide bonds. The van der Waals surface area contributed by atoms with Crippen molar-refractivity contribution in [3.05, 3.63) is 0 Å². The first-order valence-electron chi connectivity index (χ1n) is 7.59. The average Bonchev–Trinajstić information content (AvgIpc) is 2.35. The third-order valence-corrected chi connectivity index (χ3v) is 4.01. The van der Waals surface area contributed by atoms with E-state index in [1.54, 1.807) is 0 Å². The second-order valence-electron chi connectivity index (χ2n) is 6.14. The standard InChI is InChI=1S/C15H32N2O/c1-6-8-16-14-7-9-18-11-15(14)17(5)13(4)10-12(2)3/h12-16H,6-11H2,1-5H3. The number of likely N-dealkylation sites (N-methyl/N-ethyl adjacent to an activating group) is 1. The molecule has 0 spiro atoms. The first-order chi connectivity index (χ1) is 8.56. The highest BCUT2D eigenvalue weighted by molar-refractivity contribution is 4.88. The highest BCUT2D eigenvalue weighted by Gasteiger charge is 2.30. The molecule has 1 saturated heterocycles. The van der Waals surface area contributed by atoms with Gasteiger partial charge in [0.05, 0.1) is 6.61 Å². The average molecular weight is 256 g/mol. The lowest BCUT2D eigenvalue weighted by molar-refractivity contribution is -0.00863. The number of ether oxygens (including phenoxy) is 1. The molecule has 0 saturated carbocycles. The molecule has 3 unspecified atom stereocenters. The molecular formula is C15H32N2O. The van der Waals surface area contributed by atoms with Gasteiger partial charge in [-0.1, -0.05) is 20.8 Å². The van der Waals surface area contributed by atoms with Crippen molar-refractivity contribution >= 4 is 0 Å². The fourth-order valence-electron chi connectivity index (χ4n) is 2.87. The highest BCUT2D eigenvalue weighted by Crippen LogP contribution is 2.19. The molecule has 0 aromatic rings. The van der Waals surface area contributed by atoms with Gasteiger partial charge >= 0.3 is 0 Å². The summed E-state index contributed by atoms with van der Waals surface area (Å²) in [4.78, 5) is 2.52. The van der Waals surface area contributed by atoms with Crippen LogP contribution in [0, 0.1) is 5.92 Å². The van der Waals surface area contributed by atoms with E-state index >= 15 is 0 Å². The molecule has 1 aliphatic heterocycles. The normalized spacial score (nSPS) is 26.8. The van der Waals surface area contributed by atoms with Crippen LogP contribution in [0.1, 0.15) is 47.0 Å². The fraction of sp³-hybridized carbons (Fsp3) is 1.00. The Balaban J connectivity index is 2.52. The van der Waals surface area contributed by atoms with Crippen LogP contribution in [-0.2, 0) is 4.74 Å². The van der Waals surface area contributed by atoms with Gasteiger partial charge in [-0.05, 0) is 45.7 Å². The largest absolute Gasteiger partial charge is 0.380 e. The number of nitrogens with one attached hydrogen (secondary N) is 1. The van der Waals surface area contributed by atoms with Crippen molar-refractivity contribution in [2.45, 2.75) is 65.1 Å². The first-order valence-corrected chi connectivity index (χ1v) is 7.59. The monoisotopic (exact) mass is 256 g/mol. The van der Waals surface area contributed by atoms with Gasteiger partial charge in [0, 0.05) is 24.7 Å². The van der Waals surface area contributed by atoms with Crippen LogP contribution >= 0.6 is 0 Å². The molecule has 3 heteroatoms. The van der Waals surface area contributed by atoms with Crippen LogP contribution in [0.15, 0.2) is 0 Å². The van der Waals surface area contributed by atoms with Crippen molar-refractivity contribution in [3.63, 3.8) is 0 Å². The molecule has 3 atom stereocenters. The molecule has 1 heterocycles. The SMILES string of the molecule is CCCNC1CCOCC1N(C)C(C)CC(C)C. The van der Waals surface area contributed by atoms with E-state index in [9.17, 15) is 0 Å². The van der Waals surface area contributed by atoms with E-state index in [1.807, 2.05) is 0 Å². The van der Waals surface area contributed by atoms with Gasteiger partial charge in [0.25, 0.3) is 0 Å². The summed E-state index contributed by atoms with van der Waals surface area (Å²) in [5.74, 6) is 0.758. The summed E-state index contributed by atoms with van der Waals surface area (Å²) < 4.78 is 5.69. The van der Waals surface area contributed by atoms with Crippen LogP contribution < -0.4 is 5.32 Å². The van der Waals surface area contributed by atoms with E-state index in [2.05, 4.69) is 45.0 Å². The summed E-state index contributed by atoms with van der Waals surface area (Å²) in [5.41, 5.74) is 0. The van der Waals surface area contributed by atoms with Crippen molar-refractivity contribution in [1.82, 2.24) is 10.2 Å². The lowest BCUT2D eigenvalue weighted by Gasteiger charge is -2.41. The topological polar surface area (TPSA) is 24.5 Å². The Morgan fingerprint density at radius 3 is 2.67 bits per heavy atom. The molecule has 0 aromatic carbocycles. The van der Waals surface area contributed by atoms with E-state index in [1.165, 1.54) is 12.8 Å². The summed E-state index contributed by atoms with van der Waals surface area (Å²) in [5, 5.41) is 3.69. The van der Waals surface area contributed by atoms with Crippen LogP contribution in [0.5, 0.6) is 0 Å². The van der Waals surface area contributed by atoms with Crippen molar-refractivity contribution in [1.29, 1.82) is 0 Å². The molecule has 1 fully saturated rings. The third-order valence-electron chi connectivity index (χ3n) is 4.01. The summed E-state index contributed by atoms with van der Waals surface area (Å²) in [7, 11) is 2.26. The quantitative estimate of drug-likeness (QED) is 0.757. The second-order valence-corrected chi connectivity index (χ2v) is 6.14. The predicted octanol–water partition coefficient (Wildman–Crippen LogP) is 2.51. The maximum Gasteiger partial charge on any atom is 0.0637 e. The van der Waals surface area contributed by atoms with Gasteiger partial charge in [0.2, 0.25) is 0 Å². The van der Waals surface area contributed by atoms with Gasteiger partial charge in [-0.25, -0.2) is 0 Å². The Kier molecular flexibility index (Phi) is 7.20. The zero-order valence-electron chi connectivity index (χ0n) is 12.9. The Morgan fingerprint density at radius 1 is 1.33 bits per heavy atom. The molecule has 0 radical (unpaired) electrons. The van der Waals surface area contributed by atoms with Crippen LogP contribution in [0.3, 0.4) is 0 Å². The minimum absolute atomic E-state index is 0.527. The maximum absolute atomic E-state index is 5.69. The molecule has 0 aliphatic carbocycles. The Morgan fingerprint density at radius 2 is 2.06 bits per heavy atom. The number of nitrogens with zero attached hydrogens (tertiary/aromatic N) is 1. The molecule has 1 rings (SSSR count). The second kappa shape index (κ2) is 8.13. The molecule has 18 heavy (non-hydrogen) atoms. The van der Waals surface area contributed by atoms with Crippen LogP contribution in [0.4, 0.5) is 0 Å². The Hall–Kier alpha value is -0.120. The zero-order valence-corrected chi connectivity index (χ0v) is 12.9. The van der Waals surface area contributed by atoms with E-state index < -0.39 is 0 Å². The zero-order chi connectivity index (χ0) is 13.5.